The van der Waals surface area contributed by atoms with Gasteiger partial charge in [0.15, 0.2) is 0 Å². The van der Waals surface area contributed by atoms with Gasteiger partial charge < -0.3 is 10.2 Å². The molecule has 27 heavy (non-hydrogen) atoms. The van der Waals surface area contributed by atoms with E-state index in [1.165, 1.54) is 26.2 Å². The van der Waals surface area contributed by atoms with Gasteiger partial charge in [-0.15, -0.1) is 0 Å². The summed E-state index contributed by atoms with van der Waals surface area (Å²) in [6.45, 7) is 3.72. The minimum Gasteiger partial charge on any atom is -0.321 e. The fourth-order valence-corrected chi connectivity index (χ4v) is 3.51. The lowest BCUT2D eigenvalue weighted by molar-refractivity contribution is 0.208. The van der Waals surface area contributed by atoms with Crippen LogP contribution in [0.3, 0.4) is 0 Å². The van der Waals surface area contributed by atoms with Crippen molar-refractivity contribution in [3.8, 4) is 0 Å². The largest absolute Gasteiger partial charge is 0.322 e. The Bertz CT molecular complexity index is 928. The summed E-state index contributed by atoms with van der Waals surface area (Å²) >= 11 is 5.91. The smallest absolute Gasteiger partial charge is 0.321 e. The molecule has 0 radical (unpaired) electrons. The van der Waals surface area contributed by atoms with E-state index >= 15 is 0 Å². The van der Waals surface area contributed by atoms with E-state index < -0.39 is 10.0 Å². The molecular weight excluding hydrogens is 386 g/mol. The summed E-state index contributed by atoms with van der Waals surface area (Å²) in [4.78, 5) is 14.3. The molecule has 2 rings (SSSR count). The summed E-state index contributed by atoms with van der Waals surface area (Å²) in [6.07, 6.45) is 0. The summed E-state index contributed by atoms with van der Waals surface area (Å²) in [5.41, 5.74) is 2.17. The third-order valence-electron chi connectivity index (χ3n) is 4.48. The Morgan fingerprint density at radius 2 is 1.67 bits per heavy atom. The standard InChI is InChI=1S/C19H24ClN3O3S/c1-13-6-11-17(27(25,26)22(3)4)12-18(13)21-19(24)23(5)14(2)15-7-9-16(20)10-8-15/h6-12,14H,1-5H3,(H,21,24)/t14-/m1/s1. The van der Waals surface area contributed by atoms with Crippen LogP contribution in [0.25, 0.3) is 0 Å². The number of carbonyl (C=O) groups is 1. The molecule has 8 heteroatoms. The number of halogens is 1. The van der Waals surface area contributed by atoms with E-state index in [2.05, 4.69) is 5.32 Å². The molecule has 0 fully saturated rings. The second-order valence-corrected chi connectivity index (χ2v) is 9.12. The molecule has 1 atom stereocenters. The van der Waals surface area contributed by atoms with Crippen molar-refractivity contribution >= 4 is 33.3 Å². The van der Waals surface area contributed by atoms with Gasteiger partial charge >= 0.3 is 6.03 Å². The number of carbonyl (C=O) groups excluding carboxylic acids is 1. The van der Waals surface area contributed by atoms with E-state index in [0.717, 1.165) is 15.4 Å². The van der Waals surface area contributed by atoms with Crippen LogP contribution in [0.1, 0.15) is 24.1 Å². The zero-order valence-corrected chi connectivity index (χ0v) is 17.6. The fourth-order valence-electron chi connectivity index (χ4n) is 2.45. The van der Waals surface area contributed by atoms with Crippen LogP contribution < -0.4 is 5.32 Å². The molecule has 0 bridgehead atoms. The second kappa shape index (κ2) is 8.29. The first kappa shape index (κ1) is 21.2. The first-order valence-electron chi connectivity index (χ1n) is 8.36. The van der Waals surface area contributed by atoms with Crippen LogP contribution in [0.2, 0.25) is 5.02 Å². The maximum Gasteiger partial charge on any atom is 0.322 e. The zero-order chi connectivity index (χ0) is 20.4. The maximum absolute atomic E-state index is 12.7. The summed E-state index contributed by atoms with van der Waals surface area (Å²) in [7, 11) is 1.04. The van der Waals surface area contributed by atoms with Crippen LogP contribution in [0.5, 0.6) is 0 Å². The van der Waals surface area contributed by atoms with Crippen molar-refractivity contribution in [1.29, 1.82) is 0 Å². The molecule has 1 N–H and O–H groups in total. The van der Waals surface area contributed by atoms with Gasteiger partial charge in [0.05, 0.1) is 10.9 Å². The van der Waals surface area contributed by atoms with E-state index in [1.54, 1.807) is 30.1 Å². The Morgan fingerprint density at radius 1 is 1.07 bits per heavy atom. The summed E-state index contributed by atoms with van der Waals surface area (Å²) in [5, 5.41) is 3.43. The quantitative estimate of drug-likeness (QED) is 0.807. The highest BCUT2D eigenvalue weighted by Crippen LogP contribution is 2.25. The van der Waals surface area contributed by atoms with Crippen LogP contribution in [0, 0.1) is 6.92 Å². The van der Waals surface area contributed by atoms with Crippen LogP contribution in [0.15, 0.2) is 47.4 Å². The number of nitrogens with one attached hydrogen (secondary N) is 1. The number of nitrogens with zero attached hydrogens (tertiary/aromatic N) is 2. The molecular formula is C19H24ClN3O3S. The minimum atomic E-state index is -3.58. The molecule has 0 aromatic heterocycles. The average Bonchev–Trinajstić information content (AvgIpc) is 2.62. The predicted molar refractivity (Wildman–Crippen MR) is 109 cm³/mol. The molecule has 2 aromatic rings. The lowest BCUT2D eigenvalue weighted by atomic mass is 10.1. The SMILES string of the molecule is Cc1ccc(S(=O)(=O)N(C)C)cc1NC(=O)N(C)[C@H](C)c1ccc(Cl)cc1. The van der Waals surface area contributed by atoms with Gasteiger partial charge in [0.25, 0.3) is 0 Å². The van der Waals surface area contributed by atoms with Crippen molar-refractivity contribution < 1.29 is 13.2 Å². The molecule has 0 spiro atoms. The molecule has 0 aliphatic heterocycles. The Balaban J connectivity index is 2.23. The van der Waals surface area contributed by atoms with Gasteiger partial charge in [-0.05, 0) is 49.2 Å². The Labute approximate surface area is 165 Å². The van der Waals surface area contributed by atoms with Crippen molar-refractivity contribution in [2.45, 2.75) is 24.8 Å². The van der Waals surface area contributed by atoms with Crippen molar-refractivity contribution in [3.05, 3.63) is 58.6 Å². The van der Waals surface area contributed by atoms with Gasteiger partial charge in [0, 0.05) is 31.9 Å². The normalized spacial score (nSPS) is 12.7. The summed E-state index contributed by atoms with van der Waals surface area (Å²) < 4.78 is 25.8. The Hall–Kier alpha value is -2.09. The lowest BCUT2D eigenvalue weighted by Crippen LogP contribution is -2.34. The number of aryl methyl sites for hydroxylation is 1. The van der Waals surface area contributed by atoms with E-state index in [0.29, 0.717) is 10.7 Å². The average molecular weight is 410 g/mol. The number of amides is 2. The number of rotatable bonds is 5. The number of hydrogen-bond donors (Lipinski definition) is 1. The van der Waals surface area contributed by atoms with E-state index in [9.17, 15) is 13.2 Å². The van der Waals surface area contributed by atoms with Gasteiger partial charge in [-0.25, -0.2) is 17.5 Å². The fraction of sp³-hybridized carbons (Fsp3) is 0.316. The van der Waals surface area contributed by atoms with Crippen LogP contribution in [-0.2, 0) is 10.0 Å². The number of hydrogen-bond acceptors (Lipinski definition) is 3. The molecule has 0 heterocycles. The first-order valence-corrected chi connectivity index (χ1v) is 10.2. The molecule has 2 aromatic carbocycles. The maximum atomic E-state index is 12.7. The van der Waals surface area contributed by atoms with Gasteiger partial charge in [0.1, 0.15) is 0 Å². The van der Waals surface area contributed by atoms with Gasteiger partial charge in [-0.3, -0.25) is 0 Å². The third-order valence-corrected chi connectivity index (χ3v) is 6.55. The minimum absolute atomic E-state index is 0.127. The van der Waals surface area contributed by atoms with Gasteiger partial charge in [0.2, 0.25) is 10.0 Å². The van der Waals surface area contributed by atoms with E-state index in [1.807, 2.05) is 26.0 Å². The first-order chi connectivity index (χ1) is 12.5. The van der Waals surface area contributed by atoms with Crippen LogP contribution >= 0.6 is 11.6 Å². The summed E-state index contributed by atoms with van der Waals surface area (Å²) in [6, 6.07) is 11.4. The van der Waals surface area contributed by atoms with Gasteiger partial charge in [-0.2, -0.15) is 0 Å². The van der Waals surface area contributed by atoms with Gasteiger partial charge in [-0.1, -0.05) is 29.8 Å². The molecule has 2 amide bonds. The molecule has 0 saturated heterocycles. The highest BCUT2D eigenvalue weighted by Gasteiger charge is 2.21. The predicted octanol–water partition coefficient (Wildman–Crippen LogP) is 4.12. The topological polar surface area (TPSA) is 69.7 Å². The number of urea groups is 1. The highest BCUT2D eigenvalue weighted by molar-refractivity contribution is 7.89. The van der Waals surface area contributed by atoms with Crippen molar-refractivity contribution in [2.75, 3.05) is 26.5 Å². The van der Waals surface area contributed by atoms with Crippen molar-refractivity contribution in [1.82, 2.24) is 9.21 Å². The number of benzene rings is 2. The van der Waals surface area contributed by atoms with Crippen LogP contribution in [0.4, 0.5) is 10.5 Å². The molecule has 0 unspecified atom stereocenters. The van der Waals surface area contributed by atoms with Crippen molar-refractivity contribution in [2.24, 2.45) is 0 Å². The Kier molecular flexibility index (Phi) is 6.51. The van der Waals surface area contributed by atoms with Crippen molar-refractivity contribution in [3.63, 3.8) is 0 Å². The molecule has 0 aliphatic carbocycles. The van der Waals surface area contributed by atoms with E-state index in [4.69, 9.17) is 11.6 Å². The van der Waals surface area contributed by atoms with Crippen LogP contribution in [-0.4, -0.2) is 44.8 Å². The highest BCUT2D eigenvalue weighted by atomic mass is 35.5. The van der Waals surface area contributed by atoms with E-state index in [-0.39, 0.29) is 17.0 Å². The second-order valence-electron chi connectivity index (χ2n) is 6.53. The number of sulfonamides is 1. The lowest BCUT2D eigenvalue weighted by Gasteiger charge is -2.26. The molecule has 146 valence electrons. The zero-order valence-electron chi connectivity index (χ0n) is 16.0. The monoisotopic (exact) mass is 409 g/mol. The third kappa shape index (κ3) is 4.80. The molecule has 0 saturated carbocycles. The Morgan fingerprint density at radius 3 is 2.22 bits per heavy atom. The summed E-state index contributed by atoms with van der Waals surface area (Å²) in [5.74, 6) is 0. The number of anilines is 1. The molecule has 0 aliphatic rings. The molecule has 6 nitrogen and oxygen atoms in total.